The molecule has 0 saturated heterocycles. The second kappa shape index (κ2) is 9.35. The van der Waals surface area contributed by atoms with E-state index in [1.54, 1.807) is 6.07 Å². The van der Waals surface area contributed by atoms with E-state index in [9.17, 15) is 0 Å². The van der Waals surface area contributed by atoms with Crippen molar-refractivity contribution in [1.82, 2.24) is 0 Å². The van der Waals surface area contributed by atoms with Gasteiger partial charge in [-0.3, -0.25) is 0 Å². The Balaban J connectivity index is 1.57. The van der Waals surface area contributed by atoms with Gasteiger partial charge in [0, 0.05) is 17.8 Å². The molecular weight excluding hydrogens is 464 g/mol. The van der Waals surface area contributed by atoms with Crippen molar-refractivity contribution >= 4 is 35.2 Å². The molecule has 3 heteroatoms. The maximum absolute atomic E-state index is 15.5. The molecule has 0 amide bonds. The minimum absolute atomic E-state index is 0.0524. The van der Waals surface area contributed by atoms with E-state index in [0.717, 1.165) is 27.9 Å². The van der Waals surface area contributed by atoms with Crippen molar-refractivity contribution in [2.24, 2.45) is 0 Å². The van der Waals surface area contributed by atoms with E-state index < -0.39 is 0 Å². The van der Waals surface area contributed by atoms with Crippen molar-refractivity contribution in [2.45, 2.75) is 6.54 Å². The second-order valence-electron chi connectivity index (χ2n) is 9.86. The minimum Gasteiger partial charge on any atom is -0.402 e. The molecule has 0 aromatic heterocycles. The summed E-state index contributed by atoms with van der Waals surface area (Å²) in [6.45, 7) is 0.625. The second-order valence-corrected chi connectivity index (χ2v) is 9.86. The molecule has 5 aromatic carbocycles. The maximum atomic E-state index is 15.5. The summed E-state index contributed by atoms with van der Waals surface area (Å²) in [5.41, 5.74) is 11.0. The van der Waals surface area contributed by atoms with Crippen LogP contribution in [-0.2, 0) is 6.54 Å². The summed E-state index contributed by atoms with van der Waals surface area (Å²) < 4.78 is 15.5. The minimum atomic E-state index is -0.195. The summed E-state index contributed by atoms with van der Waals surface area (Å²) in [6.07, 6.45) is 2.10. The average molecular weight is 489 g/mol. The van der Waals surface area contributed by atoms with Crippen molar-refractivity contribution < 1.29 is 4.39 Å². The fraction of sp³-hybridized carbons (Fsp3) is 0.0286. The van der Waals surface area contributed by atoms with E-state index in [0.29, 0.717) is 12.1 Å². The first-order valence-corrected chi connectivity index (χ1v) is 13.0. The lowest BCUT2D eigenvalue weighted by atomic mass is 9.40. The molecule has 0 N–H and O–H groups in total. The quantitative estimate of drug-likeness (QED) is 0.235. The normalized spacial score (nSPS) is 14.0. The Bertz CT molecular complexity index is 1690. The number of hydrogen-bond donors (Lipinski definition) is 0. The molecule has 0 aliphatic carbocycles. The number of rotatable bonds is 4. The van der Waals surface area contributed by atoms with Gasteiger partial charge in [0.15, 0.2) is 0 Å². The van der Waals surface area contributed by atoms with Crippen LogP contribution in [0, 0.1) is 5.82 Å². The average Bonchev–Trinajstić information content (AvgIpc) is 2.98. The van der Waals surface area contributed by atoms with Gasteiger partial charge in [0.2, 0.25) is 0 Å². The van der Waals surface area contributed by atoms with E-state index in [4.69, 9.17) is 0 Å². The first kappa shape index (κ1) is 22.6. The largest absolute Gasteiger partial charge is 0.402 e. The van der Waals surface area contributed by atoms with Crippen LogP contribution < -0.4 is 10.3 Å². The molecule has 0 saturated carbocycles. The molecule has 0 spiro atoms. The first-order valence-electron chi connectivity index (χ1n) is 13.0. The molecule has 0 fully saturated rings. The van der Waals surface area contributed by atoms with Gasteiger partial charge < -0.3 is 4.81 Å². The molecule has 2 heterocycles. The highest BCUT2D eigenvalue weighted by Crippen LogP contribution is 2.46. The fourth-order valence-electron chi connectivity index (χ4n) is 6.02. The number of nitrogens with zero attached hydrogens (tertiary/aromatic N) is 1. The van der Waals surface area contributed by atoms with Crippen molar-refractivity contribution in [3.63, 3.8) is 0 Å². The molecule has 0 bridgehead atoms. The molecule has 0 unspecified atom stereocenters. The summed E-state index contributed by atoms with van der Waals surface area (Å²) in [5, 5.41) is 0. The van der Waals surface area contributed by atoms with Crippen molar-refractivity contribution in [3.05, 3.63) is 173 Å². The Morgan fingerprint density at radius 2 is 1.18 bits per heavy atom. The van der Waals surface area contributed by atoms with Crippen LogP contribution in [0.3, 0.4) is 0 Å². The maximum Gasteiger partial charge on any atom is 0.325 e. The fourth-order valence-corrected chi connectivity index (χ4v) is 6.02. The smallest absolute Gasteiger partial charge is 0.325 e. The van der Waals surface area contributed by atoms with Gasteiger partial charge in [-0.2, -0.15) is 0 Å². The van der Waals surface area contributed by atoms with Crippen LogP contribution in [0.15, 0.2) is 139 Å². The van der Waals surface area contributed by atoms with Gasteiger partial charge in [-0.15, -0.1) is 0 Å². The zero-order chi connectivity index (χ0) is 25.5. The Labute approximate surface area is 223 Å². The van der Waals surface area contributed by atoms with Gasteiger partial charge in [0.05, 0.1) is 0 Å². The molecule has 7 rings (SSSR count). The van der Waals surface area contributed by atoms with Crippen LogP contribution in [0.1, 0.15) is 27.8 Å². The number of hydrogen-bond acceptors (Lipinski definition) is 1. The van der Waals surface area contributed by atoms with Gasteiger partial charge in [-0.05, 0) is 56.5 Å². The van der Waals surface area contributed by atoms with E-state index >= 15 is 4.39 Å². The van der Waals surface area contributed by atoms with E-state index in [1.165, 1.54) is 22.2 Å². The summed E-state index contributed by atoms with van der Waals surface area (Å²) >= 11 is 0. The van der Waals surface area contributed by atoms with Crippen LogP contribution >= 0.6 is 0 Å². The van der Waals surface area contributed by atoms with E-state index in [1.807, 2.05) is 18.2 Å². The number of anilines is 1. The molecule has 0 radical (unpaired) electrons. The molecule has 0 atom stereocenters. The SMILES string of the molecule is Fc1cccc2c1C=C1B(c3ccccc3C(c3ccccc3)=C1c1ccccc1)N2Cc1ccccc1. The number of benzene rings is 5. The van der Waals surface area contributed by atoms with Gasteiger partial charge in [-0.1, -0.05) is 127 Å². The first-order chi connectivity index (χ1) is 18.8. The lowest BCUT2D eigenvalue weighted by molar-refractivity contribution is 0.624. The van der Waals surface area contributed by atoms with Crippen LogP contribution in [-0.4, -0.2) is 6.85 Å². The highest BCUT2D eigenvalue weighted by atomic mass is 19.1. The molecule has 5 aromatic rings. The van der Waals surface area contributed by atoms with Gasteiger partial charge in [0.25, 0.3) is 0 Å². The Morgan fingerprint density at radius 3 is 1.89 bits per heavy atom. The summed E-state index contributed by atoms with van der Waals surface area (Å²) in [7, 11) is 0. The number of allylic oxidation sites excluding steroid dienone is 2. The third-order valence-corrected chi connectivity index (χ3v) is 7.63. The lowest BCUT2D eigenvalue weighted by Gasteiger charge is -2.42. The van der Waals surface area contributed by atoms with Crippen molar-refractivity contribution in [1.29, 1.82) is 0 Å². The summed E-state index contributed by atoms with van der Waals surface area (Å²) in [5.74, 6) is -0.195. The molecule has 1 nitrogen and oxygen atoms in total. The lowest BCUT2D eigenvalue weighted by Crippen LogP contribution is -2.54. The Hall–Kier alpha value is -4.63. The number of halogens is 1. The molecular formula is C35H25BFN. The van der Waals surface area contributed by atoms with E-state index in [-0.39, 0.29) is 12.7 Å². The van der Waals surface area contributed by atoms with Gasteiger partial charge in [-0.25, -0.2) is 4.39 Å². The molecule has 180 valence electrons. The van der Waals surface area contributed by atoms with Gasteiger partial charge in [0.1, 0.15) is 5.82 Å². The third kappa shape index (κ3) is 3.71. The molecule has 2 aliphatic heterocycles. The number of fused-ring (bicyclic) bond motifs is 4. The predicted molar refractivity (Wildman–Crippen MR) is 158 cm³/mol. The van der Waals surface area contributed by atoms with Crippen molar-refractivity contribution in [3.8, 4) is 0 Å². The van der Waals surface area contributed by atoms with Crippen LogP contribution in [0.25, 0.3) is 17.2 Å². The highest BCUT2D eigenvalue weighted by molar-refractivity contribution is 6.88. The van der Waals surface area contributed by atoms with Crippen LogP contribution in [0.5, 0.6) is 0 Å². The van der Waals surface area contributed by atoms with Gasteiger partial charge >= 0.3 is 6.85 Å². The van der Waals surface area contributed by atoms with E-state index in [2.05, 4.69) is 120 Å². The topological polar surface area (TPSA) is 3.24 Å². The molecule has 38 heavy (non-hydrogen) atoms. The zero-order valence-electron chi connectivity index (χ0n) is 20.9. The summed E-state index contributed by atoms with van der Waals surface area (Å²) in [6, 6.07) is 45.8. The zero-order valence-corrected chi connectivity index (χ0v) is 20.9. The Morgan fingerprint density at radius 1 is 0.579 bits per heavy atom. The predicted octanol–water partition coefficient (Wildman–Crippen LogP) is 7.64. The monoisotopic (exact) mass is 489 g/mol. The third-order valence-electron chi connectivity index (χ3n) is 7.63. The summed E-state index contributed by atoms with van der Waals surface area (Å²) in [4.78, 5) is 2.38. The molecule has 2 aliphatic rings. The van der Waals surface area contributed by atoms with Crippen LogP contribution in [0.2, 0.25) is 0 Å². The van der Waals surface area contributed by atoms with Crippen LogP contribution in [0.4, 0.5) is 10.1 Å². The highest BCUT2D eigenvalue weighted by Gasteiger charge is 2.42. The Kier molecular flexibility index (Phi) is 5.55. The van der Waals surface area contributed by atoms with Crippen molar-refractivity contribution in [2.75, 3.05) is 4.81 Å². The standard InChI is InChI=1S/C35H25BFN/c37-32-21-12-22-33-29(32)23-31-35(27-17-8-3-9-18-27)34(26-15-6-2-7-16-26)28-19-10-11-20-30(28)36(31)38(33)24-25-13-4-1-5-14-25/h1-23H,24H2.